The first-order valence-electron chi connectivity index (χ1n) is 7.30. The topological polar surface area (TPSA) is 64.0 Å². The summed E-state index contributed by atoms with van der Waals surface area (Å²) in [6, 6.07) is 8.73. The second-order valence-electron chi connectivity index (χ2n) is 5.28. The fourth-order valence-electron chi connectivity index (χ4n) is 2.33. The lowest BCUT2D eigenvalue weighted by Crippen LogP contribution is -2.12. The van der Waals surface area contributed by atoms with Crippen LogP contribution < -0.4 is 4.72 Å². The minimum Gasteiger partial charge on any atom is -0.277 e. The minimum absolute atomic E-state index is 0.235. The van der Waals surface area contributed by atoms with Gasteiger partial charge in [-0.3, -0.25) is 9.40 Å². The van der Waals surface area contributed by atoms with Crippen molar-refractivity contribution < 1.29 is 8.42 Å². The molecule has 1 N–H and O–H groups in total. The maximum atomic E-state index is 12.6. The second kappa shape index (κ2) is 6.58. The van der Waals surface area contributed by atoms with Gasteiger partial charge in [0.15, 0.2) is 0 Å². The van der Waals surface area contributed by atoms with Crippen LogP contribution in [0.3, 0.4) is 0 Å². The molecule has 0 aliphatic heterocycles. The van der Waals surface area contributed by atoms with Crippen LogP contribution in [0.4, 0.5) is 5.69 Å². The lowest BCUT2D eigenvalue weighted by atomic mass is 10.2. The van der Waals surface area contributed by atoms with E-state index < -0.39 is 10.0 Å². The summed E-state index contributed by atoms with van der Waals surface area (Å²) in [7, 11) is -3.69. The number of benzene rings is 1. The largest absolute Gasteiger partial charge is 0.277 e. The van der Waals surface area contributed by atoms with Gasteiger partial charge in [-0.1, -0.05) is 17.7 Å². The van der Waals surface area contributed by atoms with Crippen LogP contribution in [0.25, 0.3) is 11.3 Å². The number of thiophene rings is 1. The molecule has 0 bridgehead atoms. The van der Waals surface area contributed by atoms with Gasteiger partial charge in [0.2, 0.25) is 0 Å². The van der Waals surface area contributed by atoms with Crippen LogP contribution in [-0.4, -0.2) is 18.2 Å². The third-order valence-corrected chi connectivity index (χ3v) is 6.65. The quantitative estimate of drug-likeness (QED) is 0.712. The number of nitrogens with one attached hydrogen (secondary N) is 1. The van der Waals surface area contributed by atoms with E-state index in [1.54, 1.807) is 24.4 Å². The highest BCUT2D eigenvalue weighted by molar-refractivity contribution is 7.94. The molecule has 0 saturated carbocycles. The molecule has 5 nitrogen and oxygen atoms in total. The number of sulfonamides is 1. The normalized spacial score (nSPS) is 11.6. The van der Waals surface area contributed by atoms with Crippen molar-refractivity contribution >= 4 is 38.6 Å². The van der Waals surface area contributed by atoms with E-state index in [4.69, 9.17) is 11.6 Å². The van der Waals surface area contributed by atoms with E-state index in [0.29, 0.717) is 10.7 Å². The van der Waals surface area contributed by atoms with Crippen LogP contribution in [0.5, 0.6) is 0 Å². The molecule has 0 radical (unpaired) electrons. The molecule has 0 aliphatic rings. The molecule has 24 heavy (non-hydrogen) atoms. The Morgan fingerprint density at radius 2 is 2.08 bits per heavy atom. The van der Waals surface area contributed by atoms with Crippen molar-refractivity contribution in [3.63, 3.8) is 0 Å². The molecule has 1 aromatic carbocycles. The number of hydrogen-bond donors (Lipinski definition) is 1. The Bertz CT molecular complexity index is 977. The van der Waals surface area contributed by atoms with Gasteiger partial charge < -0.3 is 0 Å². The zero-order valence-corrected chi connectivity index (χ0v) is 15.5. The molecule has 0 amide bonds. The Hall–Kier alpha value is -1.83. The summed E-state index contributed by atoms with van der Waals surface area (Å²) in [5.74, 6) is 0. The number of nitrogens with zero attached hydrogens (tertiary/aromatic N) is 2. The number of aryl methyl sites for hydroxylation is 2. The number of rotatable bonds is 5. The second-order valence-corrected chi connectivity index (χ2v) is 8.50. The van der Waals surface area contributed by atoms with Crippen molar-refractivity contribution in [1.29, 1.82) is 0 Å². The first-order chi connectivity index (χ1) is 11.4. The molecular formula is C16H16ClN3O2S2. The Balaban J connectivity index is 1.92. The summed E-state index contributed by atoms with van der Waals surface area (Å²) < 4.78 is 29.9. The average Bonchev–Trinajstić information content (AvgIpc) is 3.18. The van der Waals surface area contributed by atoms with E-state index in [2.05, 4.69) is 9.82 Å². The predicted octanol–water partition coefficient (Wildman–Crippen LogP) is 4.39. The molecule has 0 spiro atoms. The summed E-state index contributed by atoms with van der Waals surface area (Å²) in [6.07, 6.45) is 1.70. The predicted molar refractivity (Wildman–Crippen MR) is 98.2 cm³/mol. The maximum Gasteiger partial charge on any atom is 0.271 e. The van der Waals surface area contributed by atoms with Gasteiger partial charge in [-0.25, -0.2) is 8.42 Å². The standard InChI is InChI=1S/C16H16ClN3O2S2/c1-3-20-15(6-7-18-20)12-9-16(23-10-12)24(21,22)19-14-8-11(2)4-5-13(14)17/h4-10,19H,3H2,1-2H3. The van der Waals surface area contributed by atoms with Crippen LogP contribution in [-0.2, 0) is 16.6 Å². The molecule has 2 aromatic heterocycles. The molecule has 0 aliphatic carbocycles. The summed E-state index contributed by atoms with van der Waals surface area (Å²) in [5.41, 5.74) is 3.03. The van der Waals surface area contributed by atoms with Crippen LogP contribution >= 0.6 is 22.9 Å². The van der Waals surface area contributed by atoms with Gasteiger partial charge >= 0.3 is 0 Å². The van der Waals surface area contributed by atoms with Gasteiger partial charge in [0.1, 0.15) is 4.21 Å². The third kappa shape index (κ3) is 3.33. The lowest BCUT2D eigenvalue weighted by molar-refractivity contribution is 0.603. The molecule has 0 atom stereocenters. The van der Waals surface area contributed by atoms with Crippen molar-refractivity contribution in [2.24, 2.45) is 0 Å². The van der Waals surface area contributed by atoms with Crippen molar-refractivity contribution in [2.45, 2.75) is 24.6 Å². The van der Waals surface area contributed by atoms with Crippen molar-refractivity contribution in [2.75, 3.05) is 4.72 Å². The summed E-state index contributed by atoms with van der Waals surface area (Å²) in [6.45, 7) is 4.59. The van der Waals surface area contributed by atoms with Gasteiger partial charge in [-0.05, 0) is 43.7 Å². The minimum atomic E-state index is -3.69. The summed E-state index contributed by atoms with van der Waals surface area (Å²) in [4.78, 5) is 0. The Morgan fingerprint density at radius 1 is 1.29 bits per heavy atom. The third-order valence-electron chi connectivity index (χ3n) is 3.52. The van der Waals surface area contributed by atoms with Crippen LogP contribution in [0.15, 0.2) is 46.1 Å². The molecule has 0 fully saturated rings. The Labute approximate surface area is 150 Å². The molecule has 8 heteroatoms. The van der Waals surface area contributed by atoms with Crippen LogP contribution in [0.1, 0.15) is 12.5 Å². The zero-order chi connectivity index (χ0) is 17.3. The van der Waals surface area contributed by atoms with E-state index in [-0.39, 0.29) is 4.21 Å². The van der Waals surface area contributed by atoms with Gasteiger partial charge in [0.25, 0.3) is 10.0 Å². The van der Waals surface area contributed by atoms with Crippen molar-refractivity contribution in [3.8, 4) is 11.3 Å². The molecule has 0 saturated heterocycles. The number of halogens is 1. The Kier molecular flexibility index (Phi) is 4.67. The number of aromatic nitrogens is 2. The molecule has 2 heterocycles. The summed E-state index contributed by atoms with van der Waals surface area (Å²) in [5, 5.41) is 6.39. The smallest absolute Gasteiger partial charge is 0.271 e. The van der Waals surface area contributed by atoms with Gasteiger partial charge in [-0.15, -0.1) is 11.3 Å². The number of anilines is 1. The fourth-order valence-corrected chi connectivity index (χ4v) is 4.80. The van der Waals surface area contributed by atoms with Crippen LogP contribution in [0.2, 0.25) is 5.02 Å². The van der Waals surface area contributed by atoms with E-state index in [0.717, 1.165) is 23.4 Å². The van der Waals surface area contributed by atoms with E-state index in [9.17, 15) is 8.42 Å². The van der Waals surface area contributed by atoms with E-state index >= 15 is 0 Å². The molecule has 126 valence electrons. The molecule has 3 rings (SSSR count). The maximum absolute atomic E-state index is 12.6. The molecular weight excluding hydrogens is 366 g/mol. The lowest BCUT2D eigenvalue weighted by Gasteiger charge is -2.09. The van der Waals surface area contributed by atoms with E-state index in [1.165, 1.54) is 11.3 Å². The van der Waals surface area contributed by atoms with E-state index in [1.807, 2.05) is 36.0 Å². The zero-order valence-electron chi connectivity index (χ0n) is 13.2. The highest BCUT2D eigenvalue weighted by atomic mass is 35.5. The first kappa shape index (κ1) is 17.0. The fraction of sp³-hybridized carbons (Fsp3) is 0.188. The highest BCUT2D eigenvalue weighted by Gasteiger charge is 2.19. The van der Waals surface area contributed by atoms with Crippen molar-refractivity contribution in [1.82, 2.24) is 9.78 Å². The summed E-state index contributed by atoms with van der Waals surface area (Å²) >= 11 is 7.25. The van der Waals surface area contributed by atoms with Crippen LogP contribution in [0, 0.1) is 6.92 Å². The SMILES string of the molecule is CCn1nccc1-c1csc(S(=O)(=O)Nc2cc(C)ccc2Cl)c1. The molecule has 0 unspecified atom stereocenters. The van der Waals surface area contributed by atoms with Gasteiger partial charge in [0, 0.05) is 23.7 Å². The van der Waals surface area contributed by atoms with Crippen molar-refractivity contribution in [3.05, 3.63) is 52.5 Å². The molecule has 3 aromatic rings. The Morgan fingerprint density at radius 3 is 2.83 bits per heavy atom. The average molecular weight is 382 g/mol. The number of hydrogen-bond acceptors (Lipinski definition) is 4. The first-order valence-corrected chi connectivity index (χ1v) is 10.0. The monoisotopic (exact) mass is 381 g/mol. The highest BCUT2D eigenvalue weighted by Crippen LogP contribution is 2.31. The van der Waals surface area contributed by atoms with Gasteiger partial charge in [-0.2, -0.15) is 5.10 Å². The van der Waals surface area contributed by atoms with Gasteiger partial charge in [0.05, 0.1) is 16.4 Å².